The van der Waals surface area contributed by atoms with E-state index in [0.717, 1.165) is 11.3 Å². The number of halogens is 5. The molecular weight excluding hydrogens is 458 g/mol. The molecule has 1 saturated heterocycles. The van der Waals surface area contributed by atoms with E-state index < -0.39 is 12.8 Å². The van der Waals surface area contributed by atoms with Gasteiger partial charge in [0.2, 0.25) is 5.88 Å². The van der Waals surface area contributed by atoms with Gasteiger partial charge in [-0.1, -0.05) is 23.2 Å². The molecule has 3 rings (SSSR count). The highest BCUT2D eigenvalue weighted by molar-refractivity contribution is 6.32. The van der Waals surface area contributed by atoms with E-state index in [9.17, 15) is 18.0 Å². The maximum atomic E-state index is 12.7. The zero-order valence-electron chi connectivity index (χ0n) is 16.6. The Balaban J connectivity index is 1.58. The van der Waals surface area contributed by atoms with Gasteiger partial charge in [0.05, 0.1) is 12.7 Å². The van der Waals surface area contributed by atoms with Crippen LogP contribution >= 0.6 is 23.2 Å². The average molecular weight is 478 g/mol. The lowest BCUT2D eigenvalue weighted by Crippen LogP contribution is -2.48. The SMILES string of the molecule is COc1ccc(Cl)cc1CN1CCN(C(=O)c2cnc(OCC(F)(F)F)c(Cl)c2)CC1. The fourth-order valence-corrected chi connectivity index (χ4v) is 3.62. The third kappa shape index (κ3) is 6.38. The van der Waals surface area contributed by atoms with Crippen molar-refractivity contribution < 1.29 is 27.4 Å². The lowest BCUT2D eigenvalue weighted by Gasteiger charge is -2.35. The Morgan fingerprint density at radius 1 is 1.16 bits per heavy atom. The summed E-state index contributed by atoms with van der Waals surface area (Å²) in [6.45, 7) is 1.35. The van der Waals surface area contributed by atoms with Gasteiger partial charge in [-0.3, -0.25) is 9.69 Å². The predicted molar refractivity (Wildman–Crippen MR) is 110 cm³/mol. The number of hydrogen-bond acceptors (Lipinski definition) is 5. The van der Waals surface area contributed by atoms with Crippen LogP contribution in [-0.2, 0) is 6.54 Å². The molecule has 1 aliphatic heterocycles. The molecule has 31 heavy (non-hydrogen) atoms. The molecule has 0 unspecified atom stereocenters. The van der Waals surface area contributed by atoms with E-state index in [1.807, 2.05) is 12.1 Å². The first kappa shape index (κ1) is 23.4. The van der Waals surface area contributed by atoms with Crippen LogP contribution in [0.3, 0.4) is 0 Å². The molecule has 6 nitrogen and oxygen atoms in total. The summed E-state index contributed by atoms with van der Waals surface area (Å²) >= 11 is 12.0. The van der Waals surface area contributed by atoms with Crippen molar-refractivity contribution in [3.8, 4) is 11.6 Å². The van der Waals surface area contributed by atoms with Crippen molar-refractivity contribution in [3.05, 3.63) is 51.6 Å². The van der Waals surface area contributed by atoms with Crippen molar-refractivity contribution in [2.45, 2.75) is 12.7 Å². The zero-order chi connectivity index (χ0) is 22.6. The number of pyridine rings is 1. The van der Waals surface area contributed by atoms with Crippen LogP contribution in [0.25, 0.3) is 0 Å². The number of ether oxygens (including phenoxy) is 2. The molecule has 1 fully saturated rings. The van der Waals surface area contributed by atoms with Gasteiger partial charge >= 0.3 is 6.18 Å². The smallest absolute Gasteiger partial charge is 0.422 e. The van der Waals surface area contributed by atoms with Gasteiger partial charge in [0.25, 0.3) is 5.91 Å². The standard InChI is InChI=1S/C20H20Cl2F3N3O3/c1-30-17-3-2-15(21)8-14(17)11-27-4-6-28(7-5-27)19(29)13-9-16(22)18(26-10-13)31-12-20(23,24)25/h2-3,8-10H,4-7,11-12H2,1H3. The molecule has 1 amide bonds. The molecule has 0 aliphatic carbocycles. The normalized spacial score (nSPS) is 15.1. The Labute approximate surface area is 187 Å². The number of piperazine rings is 1. The first-order valence-corrected chi connectivity index (χ1v) is 10.1. The highest BCUT2D eigenvalue weighted by atomic mass is 35.5. The lowest BCUT2D eigenvalue weighted by atomic mass is 10.1. The molecular formula is C20H20Cl2F3N3O3. The van der Waals surface area contributed by atoms with E-state index >= 15 is 0 Å². The molecule has 0 N–H and O–H groups in total. The van der Waals surface area contributed by atoms with E-state index in [0.29, 0.717) is 37.7 Å². The van der Waals surface area contributed by atoms with Crippen molar-refractivity contribution >= 4 is 29.1 Å². The molecule has 11 heteroatoms. The van der Waals surface area contributed by atoms with Crippen LogP contribution in [0.15, 0.2) is 30.5 Å². The van der Waals surface area contributed by atoms with Crippen LogP contribution in [0.4, 0.5) is 13.2 Å². The second kappa shape index (κ2) is 9.93. The minimum Gasteiger partial charge on any atom is -0.496 e. The number of hydrogen-bond donors (Lipinski definition) is 0. The average Bonchev–Trinajstić information content (AvgIpc) is 2.72. The number of rotatable bonds is 6. The first-order valence-electron chi connectivity index (χ1n) is 9.35. The molecule has 0 bridgehead atoms. The number of nitrogens with zero attached hydrogens (tertiary/aromatic N) is 3. The number of carbonyl (C=O) groups is 1. The van der Waals surface area contributed by atoms with E-state index in [1.54, 1.807) is 18.1 Å². The third-order valence-corrected chi connectivity index (χ3v) is 5.23. The zero-order valence-corrected chi connectivity index (χ0v) is 18.1. The number of benzene rings is 1. The van der Waals surface area contributed by atoms with Gasteiger partial charge < -0.3 is 14.4 Å². The van der Waals surface area contributed by atoms with Crippen LogP contribution in [0.1, 0.15) is 15.9 Å². The quantitative estimate of drug-likeness (QED) is 0.620. The van der Waals surface area contributed by atoms with Crippen LogP contribution in [-0.4, -0.2) is 66.8 Å². The molecule has 168 valence electrons. The Bertz CT molecular complexity index is 936. The highest BCUT2D eigenvalue weighted by Gasteiger charge is 2.29. The second-order valence-corrected chi connectivity index (χ2v) is 7.78. The van der Waals surface area contributed by atoms with Crippen LogP contribution in [0, 0.1) is 0 Å². The Morgan fingerprint density at radius 2 is 1.87 bits per heavy atom. The molecule has 0 spiro atoms. The summed E-state index contributed by atoms with van der Waals surface area (Å²) in [5.74, 6) is 0.0871. The molecule has 0 radical (unpaired) electrons. The number of carbonyl (C=O) groups excluding carboxylic acids is 1. The van der Waals surface area contributed by atoms with Gasteiger partial charge in [-0.2, -0.15) is 13.2 Å². The molecule has 1 aromatic carbocycles. The summed E-state index contributed by atoms with van der Waals surface area (Å²) in [5.41, 5.74) is 1.15. The fourth-order valence-electron chi connectivity index (χ4n) is 3.20. The molecule has 0 atom stereocenters. The minimum atomic E-state index is -4.51. The molecule has 1 aliphatic rings. The summed E-state index contributed by atoms with van der Waals surface area (Å²) in [5, 5.41) is 0.471. The summed E-state index contributed by atoms with van der Waals surface area (Å²) in [4.78, 5) is 20.3. The van der Waals surface area contributed by atoms with Gasteiger partial charge in [-0.05, 0) is 24.3 Å². The van der Waals surface area contributed by atoms with Crippen molar-refractivity contribution in [1.29, 1.82) is 0 Å². The minimum absolute atomic E-state index is 0.151. The number of methoxy groups -OCH3 is 1. The fraction of sp³-hybridized carbons (Fsp3) is 0.400. The Kier molecular flexibility index (Phi) is 7.51. The van der Waals surface area contributed by atoms with Crippen LogP contribution in [0.2, 0.25) is 10.0 Å². The Hall–Kier alpha value is -2.23. The van der Waals surface area contributed by atoms with E-state index in [4.69, 9.17) is 27.9 Å². The molecule has 2 heterocycles. The molecule has 0 saturated carbocycles. The van der Waals surface area contributed by atoms with Gasteiger partial charge in [0, 0.05) is 49.5 Å². The van der Waals surface area contributed by atoms with Gasteiger partial charge in [0.15, 0.2) is 6.61 Å². The van der Waals surface area contributed by atoms with E-state index in [-0.39, 0.29) is 22.4 Å². The summed E-state index contributed by atoms with van der Waals surface area (Å²) in [6, 6.07) is 6.70. The second-order valence-electron chi connectivity index (χ2n) is 6.94. The Morgan fingerprint density at radius 3 is 2.48 bits per heavy atom. The summed E-state index contributed by atoms with van der Waals surface area (Å²) in [7, 11) is 1.60. The van der Waals surface area contributed by atoms with Crippen molar-refractivity contribution in [1.82, 2.24) is 14.8 Å². The van der Waals surface area contributed by atoms with E-state index in [2.05, 4.69) is 14.6 Å². The number of amides is 1. The van der Waals surface area contributed by atoms with Crippen LogP contribution < -0.4 is 9.47 Å². The summed E-state index contributed by atoms with van der Waals surface area (Å²) < 4.78 is 46.8. The topological polar surface area (TPSA) is 54.9 Å². The lowest BCUT2D eigenvalue weighted by molar-refractivity contribution is -0.154. The highest BCUT2D eigenvalue weighted by Crippen LogP contribution is 2.27. The largest absolute Gasteiger partial charge is 0.496 e. The van der Waals surface area contributed by atoms with E-state index in [1.165, 1.54) is 12.3 Å². The van der Waals surface area contributed by atoms with Gasteiger partial charge in [0.1, 0.15) is 10.8 Å². The van der Waals surface area contributed by atoms with Crippen LogP contribution in [0.5, 0.6) is 11.6 Å². The van der Waals surface area contributed by atoms with Crippen molar-refractivity contribution in [3.63, 3.8) is 0 Å². The van der Waals surface area contributed by atoms with Crippen molar-refractivity contribution in [2.24, 2.45) is 0 Å². The number of aromatic nitrogens is 1. The summed E-state index contributed by atoms with van der Waals surface area (Å²) in [6.07, 6.45) is -3.34. The molecule has 1 aromatic heterocycles. The maximum Gasteiger partial charge on any atom is 0.422 e. The predicted octanol–water partition coefficient (Wildman–Crippen LogP) is 4.30. The maximum absolute atomic E-state index is 12.7. The third-order valence-electron chi connectivity index (χ3n) is 4.72. The van der Waals surface area contributed by atoms with Crippen molar-refractivity contribution in [2.75, 3.05) is 39.9 Å². The van der Waals surface area contributed by atoms with Gasteiger partial charge in [-0.25, -0.2) is 4.98 Å². The molecule has 2 aromatic rings. The first-order chi connectivity index (χ1) is 14.7. The number of alkyl halides is 3. The monoisotopic (exact) mass is 477 g/mol. The van der Waals surface area contributed by atoms with Gasteiger partial charge in [-0.15, -0.1) is 0 Å².